The van der Waals surface area contributed by atoms with Gasteiger partial charge in [-0.1, -0.05) is 0 Å². The zero-order chi connectivity index (χ0) is 8.85. The van der Waals surface area contributed by atoms with Gasteiger partial charge in [0.15, 0.2) is 0 Å². The Morgan fingerprint density at radius 1 is 1.73 bits per heavy atom. The molecule has 0 aliphatic rings. The summed E-state index contributed by atoms with van der Waals surface area (Å²) >= 11 is 5.54. The molecule has 11 heavy (non-hydrogen) atoms. The first kappa shape index (κ1) is 10.8. The number of carbonyl (C=O) groups is 2. The van der Waals surface area contributed by atoms with Crippen molar-refractivity contribution in [2.45, 2.75) is 13.0 Å². The minimum absolute atomic E-state index is 0.232. The summed E-state index contributed by atoms with van der Waals surface area (Å²) in [6, 6.07) is -0.654. The van der Waals surface area contributed by atoms with Gasteiger partial charge in [-0.3, -0.25) is 0 Å². The van der Waals surface area contributed by atoms with Crippen molar-refractivity contribution >= 4 is 40.8 Å². The number of thiol groups is 1. The fraction of sp³-hybridized carbons (Fsp3) is 0.600. The second-order valence-electron chi connectivity index (χ2n) is 1.85. The van der Waals surface area contributed by atoms with Crippen LogP contribution in [0.3, 0.4) is 0 Å². The van der Waals surface area contributed by atoms with Crippen LogP contribution in [-0.4, -0.2) is 40.0 Å². The van der Waals surface area contributed by atoms with Crippen LogP contribution in [-0.2, 0) is 13.4 Å². The summed E-state index contributed by atoms with van der Waals surface area (Å²) in [6.45, 7) is 1.33. The van der Waals surface area contributed by atoms with Gasteiger partial charge in [-0.05, 0) is 0 Å². The number of hydrogen-bond donors (Lipinski definition) is 2. The molecule has 0 spiro atoms. The number of hydrogen-bond acceptors (Lipinski definition) is 4. The van der Waals surface area contributed by atoms with Gasteiger partial charge in [-0.25, -0.2) is 0 Å². The van der Waals surface area contributed by atoms with Gasteiger partial charge in [0, 0.05) is 0 Å². The van der Waals surface area contributed by atoms with Gasteiger partial charge in [0.25, 0.3) is 0 Å². The second-order valence-corrected chi connectivity index (χ2v) is 2.59. The zero-order valence-corrected chi connectivity index (χ0v) is 8.67. The first-order chi connectivity index (χ1) is 5.11. The van der Waals surface area contributed by atoms with Crippen molar-refractivity contribution < 1.29 is 13.4 Å². The third kappa shape index (κ3) is 4.29. The van der Waals surface area contributed by atoms with Crippen LogP contribution in [0.4, 0.5) is 0 Å². The van der Waals surface area contributed by atoms with E-state index in [4.69, 9.17) is 0 Å². The molecule has 0 aromatic heterocycles. The van der Waals surface area contributed by atoms with Gasteiger partial charge in [-0.2, -0.15) is 0 Å². The molecular formula is C5H9NO3SSe. The molecule has 1 atom stereocenters. The molecule has 0 heterocycles. The van der Waals surface area contributed by atoms with Crippen molar-refractivity contribution in [3.05, 3.63) is 0 Å². The van der Waals surface area contributed by atoms with E-state index < -0.39 is 12.0 Å². The van der Waals surface area contributed by atoms with E-state index in [1.807, 2.05) is 0 Å². The van der Waals surface area contributed by atoms with E-state index in [1.54, 1.807) is 16.3 Å². The normalized spacial score (nSPS) is 11.9. The van der Waals surface area contributed by atoms with Crippen molar-refractivity contribution in [3.8, 4) is 0 Å². The molecule has 0 aliphatic heterocycles. The number of rotatable bonds is 3. The summed E-state index contributed by atoms with van der Waals surface area (Å²) in [7, 11) is 0. The van der Waals surface area contributed by atoms with Crippen LogP contribution >= 0.6 is 12.6 Å². The zero-order valence-electron chi connectivity index (χ0n) is 5.90. The Morgan fingerprint density at radius 2 is 2.27 bits per heavy atom. The van der Waals surface area contributed by atoms with E-state index in [9.17, 15) is 9.59 Å². The standard InChI is InChI=1S/C5H9NO3SSe/c1-3(7)6-4(2-10)5(8)9-11/h4,10-11H,2H2,1H3,(H,6,7)/t4-/m0/s1. The Balaban J connectivity index is 3.94. The fourth-order valence-electron chi connectivity index (χ4n) is 0.488. The van der Waals surface area contributed by atoms with Crippen LogP contribution in [0.1, 0.15) is 6.92 Å². The molecule has 1 N–H and O–H groups in total. The molecule has 0 aliphatic carbocycles. The van der Waals surface area contributed by atoms with Crippen LogP contribution in [0.25, 0.3) is 0 Å². The third-order valence-corrected chi connectivity index (χ3v) is 1.68. The van der Waals surface area contributed by atoms with Crippen molar-refractivity contribution in [3.63, 3.8) is 0 Å². The Hall–Kier alpha value is -0.191. The molecule has 6 heteroatoms. The van der Waals surface area contributed by atoms with Crippen LogP contribution in [0, 0.1) is 0 Å². The van der Waals surface area contributed by atoms with E-state index in [-0.39, 0.29) is 11.7 Å². The third-order valence-electron chi connectivity index (χ3n) is 0.935. The number of carbonyl (C=O) groups excluding carboxylic acids is 2. The summed E-state index contributed by atoms with van der Waals surface area (Å²) in [5.41, 5.74) is 0. The van der Waals surface area contributed by atoms with Gasteiger partial charge in [0.05, 0.1) is 0 Å². The van der Waals surface area contributed by atoms with Crippen LogP contribution < -0.4 is 5.32 Å². The molecule has 0 aromatic rings. The Kier molecular flexibility index (Phi) is 5.36. The Morgan fingerprint density at radius 3 is 2.55 bits per heavy atom. The van der Waals surface area contributed by atoms with Crippen molar-refractivity contribution in [2.24, 2.45) is 0 Å². The Labute approximate surface area is 78.6 Å². The minimum atomic E-state index is -0.654. The maximum atomic E-state index is 10.8. The molecule has 0 fully saturated rings. The molecule has 0 radical (unpaired) electrons. The van der Waals surface area contributed by atoms with Crippen LogP contribution in [0.2, 0.25) is 0 Å². The number of nitrogens with one attached hydrogen (secondary N) is 1. The topological polar surface area (TPSA) is 55.4 Å². The SMILES string of the molecule is CC(=O)N[C@@H](CS)C(=O)O[SeH]. The van der Waals surface area contributed by atoms with Gasteiger partial charge in [-0.15, -0.1) is 0 Å². The average molecular weight is 242 g/mol. The molecule has 4 nitrogen and oxygen atoms in total. The van der Waals surface area contributed by atoms with Gasteiger partial charge in [0.1, 0.15) is 0 Å². The van der Waals surface area contributed by atoms with E-state index in [2.05, 4.69) is 21.8 Å². The van der Waals surface area contributed by atoms with Crippen LogP contribution in [0.5, 0.6) is 0 Å². The summed E-state index contributed by atoms with van der Waals surface area (Å²) in [5.74, 6) is -0.548. The van der Waals surface area contributed by atoms with E-state index >= 15 is 0 Å². The van der Waals surface area contributed by atoms with Crippen molar-refractivity contribution in [1.82, 2.24) is 5.32 Å². The van der Waals surface area contributed by atoms with Crippen molar-refractivity contribution in [2.75, 3.05) is 5.75 Å². The molecular weight excluding hydrogens is 233 g/mol. The summed E-state index contributed by atoms with van der Waals surface area (Å²) in [5, 5.41) is 2.38. The molecule has 0 saturated carbocycles. The summed E-state index contributed by atoms with van der Waals surface area (Å²) in [4.78, 5) is 21.3. The molecule has 0 saturated heterocycles. The van der Waals surface area contributed by atoms with Gasteiger partial charge < -0.3 is 0 Å². The summed E-state index contributed by atoms with van der Waals surface area (Å²) < 4.78 is 4.34. The quantitative estimate of drug-likeness (QED) is 0.482. The Bertz CT molecular complexity index is 164. The molecule has 1 amide bonds. The summed E-state index contributed by atoms with van der Waals surface area (Å²) in [6.07, 6.45) is 0. The predicted molar refractivity (Wildman–Crippen MR) is 44.7 cm³/mol. The van der Waals surface area contributed by atoms with Crippen molar-refractivity contribution in [1.29, 1.82) is 0 Å². The van der Waals surface area contributed by atoms with E-state index in [0.717, 1.165) is 0 Å². The van der Waals surface area contributed by atoms with E-state index in [0.29, 0.717) is 0 Å². The average Bonchev–Trinajstić information content (AvgIpc) is 1.98. The maximum absolute atomic E-state index is 10.8. The predicted octanol–water partition coefficient (Wildman–Crippen LogP) is -1.22. The molecule has 0 rings (SSSR count). The first-order valence-corrected chi connectivity index (χ1v) is 4.25. The van der Waals surface area contributed by atoms with Gasteiger partial charge >= 0.3 is 78.3 Å². The first-order valence-electron chi connectivity index (χ1n) is 2.85. The molecule has 0 bridgehead atoms. The molecule has 64 valence electrons. The van der Waals surface area contributed by atoms with E-state index in [1.165, 1.54) is 6.92 Å². The van der Waals surface area contributed by atoms with Crippen LogP contribution in [0.15, 0.2) is 0 Å². The monoisotopic (exact) mass is 243 g/mol. The fourth-order valence-corrected chi connectivity index (χ4v) is 0.995. The molecule has 0 unspecified atom stereocenters. The molecule has 0 aromatic carbocycles. The second kappa shape index (κ2) is 5.46. The van der Waals surface area contributed by atoms with Gasteiger partial charge in [0.2, 0.25) is 0 Å². The number of amides is 1.